The van der Waals surface area contributed by atoms with Gasteiger partial charge in [-0.3, -0.25) is 0 Å². The van der Waals surface area contributed by atoms with Gasteiger partial charge in [0.25, 0.3) is 0 Å². The Labute approximate surface area is 76.0 Å². The molecule has 5 nitrogen and oxygen atoms in total. The number of aldehydes is 1. The minimum atomic E-state index is -1.64. The maximum atomic E-state index is 10.3. The zero-order valence-corrected chi connectivity index (χ0v) is 7.54. The van der Waals surface area contributed by atoms with Crippen molar-refractivity contribution < 1.29 is 24.9 Å². The molecule has 0 fully saturated rings. The molecule has 0 aromatic rings. The molecule has 13 heavy (non-hydrogen) atoms. The van der Waals surface area contributed by atoms with E-state index in [4.69, 9.17) is 10.2 Å². The molecule has 4 atom stereocenters. The predicted octanol–water partition coefficient (Wildman–Crippen LogP) is -0.736. The Kier molecular flexibility index (Phi) is 4.58. The van der Waals surface area contributed by atoms with Gasteiger partial charge < -0.3 is 20.1 Å². The van der Waals surface area contributed by atoms with Gasteiger partial charge in [-0.2, -0.15) is 0 Å². The smallest absolute Gasteiger partial charge is 0.332 e. The Morgan fingerprint density at radius 2 is 1.77 bits per heavy atom. The molecule has 0 rings (SSSR count). The number of hydrogen-bond acceptors (Lipinski definition) is 4. The van der Waals surface area contributed by atoms with Gasteiger partial charge in [0, 0.05) is 11.8 Å². The second kappa shape index (κ2) is 4.94. The molecule has 0 aliphatic rings. The number of hydrogen-bond donors (Lipinski definition) is 3. The van der Waals surface area contributed by atoms with E-state index in [9.17, 15) is 14.7 Å². The Balaban J connectivity index is 4.32. The summed E-state index contributed by atoms with van der Waals surface area (Å²) in [6, 6.07) is 0. The molecule has 0 heterocycles. The van der Waals surface area contributed by atoms with Crippen molar-refractivity contribution in [3.8, 4) is 0 Å². The van der Waals surface area contributed by atoms with Gasteiger partial charge in [-0.15, -0.1) is 0 Å². The van der Waals surface area contributed by atoms with Gasteiger partial charge in [0.1, 0.15) is 6.29 Å². The average molecular weight is 190 g/mol. The molecule has 0 aliphatic carbocycles. The molecule has 0 spiro atoms. The first-order chi connectivity index (χ1) is 5.91. The minimum absolute atomic E-state index is 0.524. The third kappa shape index (κ3) is 3.12. The van der Waals surface area contributed by atoms with Crippen molar-refractivity contribution in [3.63, 3.8) is 0 Å². The third-order valence-electron chi connectivity index (χ3n) is 2.04. The molecule has 0 aromatic carbocycles. The standard InChI is InChI=1S/C8H14O5/c1-4(3-9)6(10)5(2)7(11)8(12)13/h3-7,10-11H,1-2H3,(H,12,13)/t4-,5+,6-,7-/m1/s1. The molecular formula is C8H14O5. The molecule has 5 heteroatoms. The number of rotatable bonds is 5. The Morgan fingerprint density at radius 3 is 2.08 bits per heavy atom. The van der Waals surface area contributed by atoms with Crippen molar-refractivity contribution in [1.82, 2.24) is 0 Å². The highest BCUT2D eigenvalue weighted by atomic mass is 16.4. The summed E-state index contributed by atoms with van der Waals surface area (Å²) in [7, 11) is 0. The number of carboxylic acid groups (broad SMARTS) is 1. The molecule has 0 aromatic heterocycles. The SMILES string of the molecule is C[C@@H]([C@H](O)[C@H](C)C=O)[C@@H](O)C(=O)O. The monoisotopic (exact) mass is 190 g/mol. The van der Waals surface area contributed by atoms with Crippen LogP contribution >= 0.6 is 0 Å². The lowest BCUT2D eigenvalue weighted by molar-refractivity contribution is -0.153. The normalized spacial score (nSPS) is 20.0. The fourth-order valence-corrected chi connectivity index (χ4v) is 0.971. The maximum Gasteiger partial charge on any atom is 0.332 e. The molecule has 0 saturated carbocycles. The van der Waals surface area contributed by atoms with Crippen molar-refractivity contribution in [1.29, 1.82) is 0 Å². The van der Waals surface area contributed by atoms with Crippen molar-refractivity contribution >= 4 is 12.3 Å². The Hall–Kier alpha value is -0.940. The molecule has 0 unspecified atom stereocenters. The lowest BCUT2D eigenvalue weighted by Gasteiger charge is -2.23. The van der Waals surface area contributed by atoms with Gasteiger partial charge in [-0.25, -0.2) is 4.79 Å². The van der Waals surface area contributed by atoms with Gasteiger partial charge in [0.05, 0.1) is 6.10 Å². The molecule has 3 N–H and O–H groups in total. The van der Waals surface area contributed by atoms with E-state index in [2.05, 4.69) is 0 Å². The van der Waals surface area contributed by atoms with Gasteiger partial charge >= 0.3 is 5.97 Å². The van der Waals surface area contributed by atoms with E-state index in [1.54, 1.807) is 0 Å². The predicted molar refractivity (Wildman–Crippen MR) is 44.0 cm³/mol. The number of aliphatic hydroxyl groups excluding tert-OH is 2. The molecule has 0 amide bonds. The Morgan fingerprint density at radius 1 is 1.31 bits per heavy atom. The number of aliphatic carboxylic acids is 1. The van der Waals surface area contributed by atoms with E-state index in [0.29, 0.717) is 6.29 Å². The first-order valence-electron chi connectivity index (χ1n) is 3.96. The van der Waals surface area contributed by atoms with E-state index in [1.807, 2.05) is 0 Å². The molecule has 76 valence electrons. The van der Waals surface area contributed by atoms with Gasteiger partial charge in [-0.1, -0.05) is 13.8 Å². The Bertz CT molecular complexity index is 191. The first kappa shape index (κ1) is 12.1. The van der Waals surface area contributed by atoms with Crippen molar-refractivity contribution in [2.75, 3.05) is 0 Å². The number of aliphatic hydroxyl groups is 2. The molecule has 0 bridgehead atoms. The van der Waals surface area contributed by atoms with Gasteiger partial charge in [-0.05, 0) is 0 Å². The van der Waals surface area contributed by atoms with Crippen LogP contribution in [0.2, 0.25) is 0 Å². The van der Waals surface area contributed by atoms with Crippen LogP contribution in [0.1, 0.15) is 13.8 Å². The third-order valence-corrected chi connectivity index (χ3v) is 2.04. The number of carbonyl (C=O) groups excluding carboxylic acids is 1. The quantitative estimate of drug-likeness (QED) is 0.496. The van der Waals surface area contributed by atoms with Crippen LogP contribution in [0, 0.1) is 11.8 Å². The van der Waals surface area contributed by atoms with Crippen molar-refractivity contribution in [2.24, 2.45) is 11.8 Å². The highest BCUT2D eigenvalue weighted by molar-refractivity contribution is 5.72. The summed E-state index contributed by atoms with van der Waals surface area (Å²) < 4.78 is 0. The summed E-state index contributed by atoms with van der Waals surface area (Å²) in [6.45, 7) is 2.84. The summed E-state index contributed by atoms with van der Waals surface area (Å²) >= 11 is 0. The minimum Gasteiger partial charge on any atom is -0.479 e. The topological polar surface area (TPSA) is 94.8 Å². The van der Waals surface area contributed by atoms with Gasteiger partial charge in [0.2, 0.25) is 0 Å². The van der Waals surface area contributed by atoms with Crippen LogP contribution in [-0.4, -0.2) is 39.8 Å². The van der Waals surface area contributed by atoms with Crippen LogP contribution in [0.25, 0.3) is 0 Å². The van der Waals surface area contributed by atoms with E-state index >= 15 is 0 Å². The van der Waals surface area contributed by atoms with E-state index in [0.717, 1.165) is 0 Å². The van der Waals surface area contributed by atoms with Crippen LogP contribution in [-0.2, 0) is 9.59 Å². The number of carboxylic acids is 1. The van der Waals surface area contributed by atoms with Crippen LogP contribution in [0.5, 0.6) is 0 Å². The zero-order valence-electron chi connectivity index (χ0n) is 7.54. The highest BCUT2D eigenvalue weighted by Crippen LogP contribution is 2.15. The summed E-state index contributed by atoms with van der Waals surface area (Å²) in [5, 5.41) is 26.8. The molecule has 0 radical (unpaired) electrons. The zero-order chi connectivity index (χ0) is 10.6. The lowest BCUT2D eigenvalue weighted by Crippen LogP contribution is -2.38. The van der Waals surface area contributed by atoms with Crippen LogP contribution < -0.4 is 0 Å². The first-order valence-corrected chi connectivity index (χ1v) is 3.96. The largest absolute Gasteiger partial charge is 0.479 e. The fraction of sp³-hybridized carbons (Fsp3) is 0.750. The van der Waals surface area contributed by atoms with Gasteiger partial charge in [0.15, 0.2) is 6.10 Å². The van der Waals surface area contributed by atoms with Crippen LogP contribution in [0.3, 0.4) is 0 Å². The summed E-state index contributed by atoms with van der Waals surface area (Å²) in [4.78, 5) is 20.6. The molecule has 0 saturated heterocycles. The van der Waals surface area contributed by atoms with Crippen molar-refractivity contribution in [3.05, 3.63) is 0 Å². The summed E-state index contributed by atoms with van der Waals surface area (Å²) in [5.74, 6) is -2.94. The second-order valence-corrected chi connectivity index (χ2v) is 3.13. The van der Waals surface area contributed by atoms with E-state index in [1.165, 1.54) is 13.8 Å². The molecular weight excluding hydrogens is 176 g/mol. The fourth-order valence-electron chi connectivity index (χ4n) is 0.971. The van der Waals surface area contributed by atoms with Crippen molar-refractivity contribution in [2.45, 2.75) is 26.1 Å². The van der Waals surface area contributed by atoms with Crippen LogP contribution in [0.15, 0.2) is 0 Å². The van der Waals surface area contributed by atoms with Crippen LogP contribution in [0.4, 0.5) is 0 Å². The van der Waals surface area contributed by atoms with E-state index < -0.39 is 30.0 Å². The average Bonchev–Trinajstić information content (AvgIpc) is 2.12. The second-order valence-electron chi connectivity index (χ2n) is 3.13. The maximum absolute atomic E-state index is 10.3. The van der Waals surface area contributed by atoms with E-state index in [-0.39, 0.29) is 0 Å². The lowest BCUT2D eigenvalue weighted by atomic mass is 9.90. The summed E-state index contributed by atoms with van der Waals surface area (Å²) in [5.41, 5.74) is 0. The molecule has 0 aliphatic heterocycles. The summed E-state index contributed by atoms with van der Waals surface area (Å²) in [6.07, 6.45) is -2.25. The number of carbonyl (C=O) groups is 2. The highest BCUT2D eigenvalue weighted by Gasteiger charge is 2.30.